The zero-order valence-electron chi connectivity index (χ0n) is 17.0. The summed E-state index contributed by atoms with van der Waals surface area (Å²) < 4.78 is 17.6. The molecular weight excluding hydrogens is 338 g/mol. The van der Waals surface area contributed by atoms with Crippen LogP contribution in [-0.4, -0.2) is 32.4 Å². The summed E-state index contributed by atoms with van der Waals surface area (Å²) in [5.41, 5.74) is 6.32. The Morgan fingerprint density at radius 2 is 1.89 bits per heavy atom. The maximum absolute atomic E-state index is 6.21. The van der Waals surface area contributed by atoms with Crippen molar-refractivity contribution < 1.29 is 14.2 Å². The summed E-state index contributed by atoms with van der Waals surface area (Å²) in [6.07, 6.45) is 1.04. The largest absolute Gasteiger partial charge is 0.497 e. The number of hydrogen-bond donors (Lipinski definition) is 0. The molecule has 2 aromatic rings. The molecule has 2 aliphatic rings. The monoisotopic (exact) mass is 367 g/mol. The van der Waals surface area contributed by atoms with Crippen LogP contribution in [-0.2, 0) is 11.2 Å². The number of rotatable bonds is 3. The number of benzene rings is 2. The molecule has 0 amide bonds. The summed E-state index contributed by atoms with van der Waals surface area (Å²) in [7, 11) is 1.69. The van der Waals surface area contributed by atoms with Gasteiger partial charge in [-0.2, -0.15) is 0 Å². The SMILES string of the molecule is COc1ccc(C2CN(c3cc(C)c4c(c3C)CC(C)(C)O4)CCO2)cc1. The molecule has 2 aliphatic heterocycles. The van der Waals surface area contributed by atoms with E-state index in [4.69, 9.17) is 14.2 Å². The van der Waals surface area contributed by atoms with E-state index >= 15 is 0 Å². The molecule has 0 saturated carbocycles. The molecular formula is C23H29NO3. The average Bonchev–Trinajstić information content (AvgIpc) is 3.01. The van der Waals surface area contributed by atoms with Gasteiger partial charge in [-0.3, -0.25) is 0 Å². The Morgan fingerprint density at radius 3 is 2.59 bits per heavy atom. The minimum Gasteiger partial charge on any atom is -0.497 e. The summed E-state index contributed by atoms with van der Waals surface area (Å²) in [5.74, 6) is 1.96. The molecule has 2 aromatic carbocycles. The van der Waals surface area contributed by atoms with E-state index in [2.05, 4.69) is 50.8 Å². The quantitative estimate of drug-likeness (QED) is 0.793. The van der Waals surface area contributed by atoms with Crippen molar-refractivity contribution in [3.63, 3.8) is 0 Å². The lowest BCUT2D eigenvalue weighted by Gasteiger charge is -2.36. The molecule has 0 spiro atoms. The maximum Gasteiger partial charge on any atom is 0.126 e. The molecule has 0 aliphatic carbocycles. The van der Waals surface area contributed by atoms with Gasteiger partial charge in [0, 0.05) is 30.8 Å². The number of morpholine rings is 1. The highest BCUT2D eigenvalue weighted by Crippen LogP contribution is 2.43. The van der Waals surface area contributed by atoms with Crippen molar-refractivity contribution in [1.82, 2.24) is 0 Å². The third kappa shape index (κ3) is 3.39. The highest BCUT2D eigenvalue weighted by atomic mass is 16.5. The second-order valence-electron chi connectivity index (χ2n) is 8.26. The highest BCUT2D eigenvalue weighted by Gasteiger charge is 2.34. The summed E-state index contributed by atoms with van der Waals surface area (Å²) in [6.45, 7) is 11.2. The smallest absolute Gasteiger partial charge is 0.126 e. The van der Waals surface area contributed by atoms with Crippen LogP contribution in [0.5, 0.6) is 11.5 Å². The first kappa shape index (κ1) is 18.2. The number of methoxy groups -OCH3 is 1. The molecule has 0 bridgehead atoms. The van der Waals surface area contributed by atoms with Crippen LogP contribution in [0, 0.1) is 13.8 Å². The maximum atomic E-state index is 6.21. The van der Waals surface area contributed by atoms with Gasteiger partial charge in [-0.1, -0.05) is 12.1 Å². The van der Waals surface area contributed by atoms with Crippen LogP contribution in [0.4, 0.5) is 5.69 Å². The third-order valence-electron chi connectivity index (χ3n) is 5.70. The standard InChI is InChI=1S/C23H29NO3/c1-15-12-20(16(2)19-13-23(3,4)27-22(15)19)24-10-11-26-21(14-24)17-6-8-18(25-5)9-7-17/h6-9,12,21H,10-11,13-14H2,1-5H3. The number of fused-ring (bicyclic) bond motifs is 1. The molecule has 0 radical (unpaired) electrons. The van der Waals surface area contributed by atoms with Gasteiger partial charge in [0.15, 0.2) is 0 Å². The molecule has 1 unspecified atom stereocenters. The van der Waals surface area contributed by atoms with E-state index in [1.54, 1.807) is 7.11 Å². The summed E-state index contributed by atoms with van der Waals surface area (Å²) in [6, 6.07) is 10.5. The number of hydrogen-bond acceptors (Lipinski definition) is 4. The molecule has 4 heteroatoms. The molecule has 0 N–H and O–H groups in total. The lowest BCUT2D eigenvalue weighted by molar-refractivity contribution is 0.0397. The van der Waals surface area contributed by atoms with Crippen molar-refractivity contribution in [2.45, 2.75) is 45.8 Å². The van der Waals surface area contributed by atoms with Crippen molar-refractivity contribution in [3.8, 4) is 11.5 Å². The lowest BCUT2D eigenvalue weighted by Crippen LogP contribution is -2.38. The van der Waals surface area contributed by atoms with Crippen LogP contribution < -0.4 is 14.4 Å². The summed E-state index contributed by atoms with van der Waals surface area (Å²) in [4.78, 5) is 2.46. The van der Waals surface area contributed by atoms with E-state index < -0.39 is 0 Å². The zero-order valence-corrected chi connectivity index (χ0v) is 17.0. The van der Waals surface area contributed by atoms with E-state index in [0.29, 0.717) is 0 Å². The first-order chi connectivity index (χ1) is 12.9. The normalized spacial score (nSPS) is 20.9. The van der Waals surface area contributed by atoms with Gasteiger partial charge in [-0.25, -0.2) is 0 Å². The van der Waals surface area contributed by atoms with Gasteiger partial charge in [0.1, 0.15) is 23.2 Å². The second-order valence-corrected chi connectivity index (χ2v) is 8.26. The third-order valence-corrected chi connectivity index (χ3v) is 5.70. The Morgan fingerprint density at radius 1 is 1.15 bits per heavy atom. The first-order valence-electron chi connectivity index (χ1n) is 9.70. The van der Waals surface area contributed by atoms with Crippen LogP contribution in [0.25, 0.3) is 0 Å². The highest BCUT2D eigenvalue weighted by molar-refractivity contribution is 5.65. The number of nitrogens with zero attached hydrogens (tertiary/aromatic N) is 1. The predicted molar refractivity (Wildman–Crippen MR) is 108 cm³/mol. The topological polar surface area (TPSA) is 30.9 Å². The van der Waals surface area contributed by atoms with Gasteiger partial charge in [0.25, 0.3) is 0 Å². The molecule has 1 atom stereocenters. The number of aryl methyl sites for hydroxylation is 1. The minimum atomic E-state index is -0.118. The fraction of sp³-hybridized carbons (Fsp3) is 0.478. The lowest BCUT2D eigenvalue weighted by atomic mass is 9.94. The fourth-order valence-electron chi connectivity index (χ4n) is 4.25. The number of anilines is 1. The van der Waals surface area contributed by atoms with Crippen LogP contribution in [0.3, 0.4) is 0 Å². The van der Waals surface area contributed by atoms with Crippen molar-refractivity contribution in [2.24, 2.45) is 0 Å². The Balaban J connectivity index is 1.61. The van der Waals surface area contributed by atoms with Crippen molar-refractivity contribution >= 4 is 5.69 Å². The van der Waals surface area contributed by atoms with E-state index in [1.165, 1.54) is 27.9 Å². The second kappa shape index (κ2) is 6.75. The van der Waals surface area contributed by atoms with E-state index in [0.717, 1.165) is 37.6 Å². The van der Waals surface area contributed by atoms with Gasteiger partial charge in [-0.05, 0) is 62.6 Å². The molecule has 1 saturated heterocycles. The molecule has 144 valence electrons. The number of ether oxygens (including phenoxy) is 3. The molecule has 1 fully saturated rings. The molecule has 4 rings (SSSR count). The van der Waals surface area contributed by atoms with Crippen LogP contribution in [0.15, 0.2) is 30.3 Å². The molecule has 27 heavy (non-hydrogen) atoms. The van der Waals surface area contributed by atoms with Crippen molar-refractivity contribution in [3.05, 3.63) is 52.6 Å². The Bertz CT molecular complexity index is 842. The summed E-state index contributed by atoms with van der Waals surface area (Å²) >= 11 is 0. The van der Waals surface area contributed by atoms with Gasteiger partial charge >= 0.3 is 0 Å². The van der Waals surface area contributed by atoms with Gasteiger partial charge in [0.2, 0.25) is 0 Å². The molecule has 0 aromatic heterocycles. The van der Waals surface area contributed by atoms with Gasteiger partial charge in [0.05, 0.1) is 13.7 Å². The predicted octanol–water partition coefficient (Wildman–Crippen LogP) is 4.60. The van der Waals surface area contributed by atoms with Crippen molar-refractivity contribution in [2.75, 3.05) is 31.7 Å². The van der Waals surface area contributed by atoms with E-state index in [9.17, 15) is 0 Å². The summed E-state index contributed by atoms with van der Waals surface area (Å²) in [5, 5.41) is 0. The van der Waals surface area contributed by atoms with Crippen LogP contribution in [0.1, 0.15) is 42.2 Å². The average molecular weight is 367 g/mol. The minimum absolute atomic E-state index is 0.0744. The van der Waals surface area contributed by atoms with Crippen LogP contribution >= 0.6 is 0 Å². The Hall–Kier alpha value is -2.20. The Labute approximate surface area is 162 Å². The fourth-order valence-corrected chi connectivity index (χ4v) is 4.25. The van der Waals surface area contributed by atoms with Crippen molar-refractivity contribution in [1.29, 1.82) is 0 Å². The van der Waals surface area contributed by atoms with Gasteiger partial charge in [-0.15, -0.1) is 0 Å². The molecule has 2 heterocycles. The van der Waals surface area contributed by atoms with E-state index in [-0.39, 0.29) is 11.7 Å². The van der Waals surface area contributed by atoms with Crippen LogP contribution in [0.2, 0.25) is 0 Å². The molecule has 4 nitrogen and oxygen atoms in total. The first-order valence-corrected chi connectivity index (χ1v) is 9.70. The van der Waals surface area contributed by atoms with E-state index in [1.807, 2.05) is 12.1 Å². The zero-order chi connectivity index (χ0) is 19.2. The van der Waals surface area contributed by atoms with Gasteiger partial charge < -0.3 is 19.1 Å². The Kier molecular flexibility index (Phi) is 4.55.